The first-order valence-electron chi connectivity index (χ1n) is 6.01. The first kappa shape index (κ1) is 15.5. The van der Waals surface area contributed by atoms with Crippen LogP contribution in [0.1, 0.15) is 13.8 Å². The summed E-state index contributed by atoms with van der Waals surface area (Å²) in [5.74, 6) is 0. The summed E-state index contributed by atoms with van der Waals surface area (Å²) in [6.45, 7) is 12.1. The zero-order chi connectivity index (χ0) is 13.1. The number of allylic oxidation sites excluding steroid dienone is 4. The van der Waals surface area contributed by atoms with E-state index >= 15 is 0 Å². The molecule has 0 bridgehead atoms. The summed E-state index contributed by atoms with van der Waals surface area (Å²) >= 11 is 0. The van der Waals surface area contributed by atoms with Crippen molar-refractivity contribution in [3.63, 3.8) is 0 Å². The molecule has 0 aromatic carbocycles. The maximum atomic E-state index is 8.44. The highest BCUT2D eigenvalue weighted by Crippen LogP contribution is 2.05. The normalized spacial score (nSPS) is 11.8. The third kappa shape index (κ3) is 6.60. The number of nitrogens with zero attached hydrogens (tertiary/aromatic N) is 3. The Morgan fingerprint density at radius 2 is 2.00 bits per heavy atom. The third-order valence-electron chi connectivity index (χ3n) is 2.69. The smallest absolute Gasteiger partial charge is 0.0912 e. The van der Waals surface area contributed by atoms with Crippen LogP contribution in [-0.2, 0) is 0 Å². The zero-order valence-corrected chi connectivity index (χ0v) is 11.2. The number of hydrogen-bond acceptors (Lipinski definition) is 3. The highest BCUT2D eigenvalue weighted by Gasteiger charge is 2.04. The van der Waals surface area contributed by atoms with Gasteiger partial charge in [-0.3, -0.25) is 0 Å². The molecule has 0 unspecified atom stereocenters. The van der Waals surface area contributed by atoms with Crippen molar-refractivity contribution < 1.29 is 0 Å². The number of hydrogen-bond donors (Lipinski definition) is 0. The standard InChI is InChI=1S/C14H23N3/c1-5-14(10-8-9-11-15)17(7-3)13-12-16(4)6-2/h5,8-10H,1,6-7,12-13H2,2-4H3/b9-8+,14-10+. The van der Waals surface area contributed by atoms with Crippen molar-refractivity contribution in [3.8, 4) is 6.07 Å². The lowest BCUT2D eigenvalue weighted by Crippen LogP contribution is -2.32. The van der Waals surface area contributed by atoms with E-state index in [0.717, 1.165) is 31.9 Å². The number of nitriles is 1. The number of rotatable bonds is 8. The predicted molar refractivity (Wildman–Crippen MR) is 73.5 cm³/mol. The molecular formula is C14H23N3. The summed E-state index contributed by atoms with van der Waals surface area (Å²) in [5, 5.41) is 8.44. The van der Waals surface area contributed by atoms with Crippen LogP contribution in [0.2, 0.25) is 0 Å². The van der Waals surface area contributed by atoms with Gasteiger partial charge in [0.25, 0.3) is 0 Å². The number of likely N-dealkylation sites (N-methyl/N-ethyl adjacent to an activating group) is 2. The minimum Gasteiger partial charge on any atom is -0.371 e. The molecule has 0 heterocycles. The van der Waals surface area contributed by atoms with Crippen LogP contribution in [0.3, 0.4) is 0 Å². The van der Waals surface area contributed by atoms with Crippen molar-refractivity contribution >= 4 is 0 Å². The van der Waals surface area contributed by atoms with Crippen molar-refractivity contribution in [2.75, 3.05) is 33.2 Å². The molecule has 0 aliphatic carbocycles. The quantitative estimate of drug-likeness (QED) is 0.476. The van der Waals surface area contributed by atoms with Gasteiger partial charge in [0.05, 0.1) is 6.07 Å². The molecule has 0 saturated heterocycles. The van der Waals surface area contributed by atoms with Crippen LogP contribution in [0.5, 0.6) is 0 Å². The second-order valence-electron chi connectivity index (χ2n) is 3.76. The van der Waals surface area contributed by atoms with Gasteiger partial charge in [0, 0.05) is 31.4 Å². The van der Waals surface area contributed by atoms with Crippen molar-refractivity contribution in [1.29, 1.82) is 5.26 Å². The van der Waals surface area contributed by atoms with E-state index in [2.05, 4.69) is 37.3 Å². The first-order chi connectivity index (χ1) is 8.19. The largest absolute Gasteiger partial charge is 0.371 e. The van der Waals surface area contributed by atoms with Crippen molar-refractivity contribution in [3.05, 3.63) is 36.6 Å². The van der Waals surface area contributed by atoms with Crippen molar-refractivity contribution in [2.24, 2.45) is 0 Å². The maximum Gasteiger partial charge on any atom is 0.0912 e. The summed E-state index contributed by atoms with van der Waals surface area (Å²) in [6.07, 6.45) is 6.97. The summed E-state index contributed by atoms with van der Waals surface area (Å²) < 4.78 is 0. The lowest BCUT2D eigenvalue weighted by molar-refractivity contribution is 0.281. The average Bonchev–Trinajstić information content (AvgIpc) is 2.36. The molecule has 3 nitrogen and oxygen atoms in total. The van der Waals surface area contributed by atoms with Crippen molar-refractivity contribution in [2.45, 2.75) is 13.8 Å². The molecule has 0 aliphatic heterocycles. The molecule has 0 aromatic rings. The van der Waals surface area contributed by atoms with Gasteiger partial charge in [-0.1, -0.05) is 13.5 Å². The van der Waals surface area contributed by atoms with E-state index in [0.29, 0.717) is 0 Å². The molecule has 3 heteroatoms. The van der Waals surface area contributed by atoms with Gasteiger partial charge in [0.2, 0.25) is 0 Å². The Morgan fingerprint density at radius 3 is 2.47 bits per heavy atom. The Bertz CT molecular complexity index is 310. The molecule has 0 radical (unpaired) electrons. The molecule has 0 aliphatic rings. The van der Waals surface area contributed by atoms with Crippen molar-refractivity contribution in [1.82, 2.24) is 9.80 Å². The van der Waals surface area contributed by atoms with Gasteiger partial charge >= 0.3 is 0 Å². The highest BCUT2D eigenvalue weighted by atomic mass is 15.2. The fraction of sp³-hybridized carbons (Fsp3) is 0.500. The van der Waals surface area contributed by atoms with Crippen LogP contribution in [0.4, 0.5) is 0 Å². The molecule has 0 amide bonds. The first-order valence-corrected chi connectivity index (χ1v) is 6.01. The summed E-state index contributed by atoms with van der Waals surface area (Å²) in [6, 6.07) is 1.98. The fourth-order valence-corrected chi connectivity index (χ4v) is 1.41. The van der Waals surface area contributed by atoms with Crippen LogP contribution in [0, 0.1) is 11.3 Å². The van der Waals surface area contributed by atoms with Gasteiger partial charge in [0.15, 0.2) is 0 Å². The third-order valence-corrected chi connectivity index (χ3v) is 2.69. The average molecular weight is 233 g/mol. The molecule has 94 valence electrons. The van der Waals surface area contributed by atoms with Crippen LogP contribution < -0.4 is 0 Å². The SMILES string of the molecule is C=C/C(=C\C=C\C#N)N(CC)CCN(C)CC. The molecule has 0 N–H and O–H groups in total. The molecule has 0 fully saturated rings. The molecule has 17 heavy (non-hydrogen) atoms. The van der Waals surface area contributed by atoms with Crippen LogP contribution >= 0.6 is 0 Å². The Hall–Kier alpha value is -1.53. The Kier molecular flexibility index (Phi) is 8.81. The molecule has 0 saturated carbocycles. The van der Waals surface area contributed by atoms with Gasteiger partial charge in [-0.25, -0.2) is 0 Å². The lowest BCUT2D eigenvalue weighted by atomic mass is 10.3. The fourth-order valence-electron chi connectivity index (χ4n) is 1.41. The second-order valence-corrected chi connectivity index (χ2v) is 3.76. The van der Waals surface area contributed by atoms with Crippen LogP contribution in [-0.4, -0.2) is 43.0 Å². The van der Waals surface area contributed by atoms with Gasteiger partial charge in [-0.15, -0.1) is 0 Å². The van der Waals surface area contributed by atoms with Gasteiger partial charge in [-0.2, -0.15) is 5.26 Å². The maximum absolute atomic E-state index is 8.44. The van der Waals surface area contributed by atoms with Gasteiger partial charge < -0.3 is 9.80 Å². The molecule has 0 aromatic heterocycles. The molecule has 0 spiro atoms. The Morgan fingerprint density at radius 1 is 1.29 bits per heavy atom. The van der Waals surface area contributed by atoms with Crippen LogP contribution in [0.25, 0.3) is 0 Å². The molecule has 0 atom stereocenters. The highest BCUT2D eigenvalue weighted by molar-refractivity contribution is 5.23. The van der Waals surface area contributed by atoms with E-state index in [1.807, 2.05) is 18.2 Å². The van der Waals surface area contributed by atoms with Gasteiger partial charge in [0.1, 0.15) is 0 Å². The second kappa shape index (κ2) is 9.68. The van der Waals surface area contributed by atoms with E-state index < -0.39 is 0 Å². The zero-order valence-electron chi connectivity index (χ0n) is 11.2. The Balaban J connectivity index is 4.49. The topological polar surface area (TPSA) is 30.3 Å². The van der Waals surface area contributed by atoms with E-state index in [1.165, 1.54) is 6.08 Å². The van der Waals surface area contributed by atoms with E-state index in [-0.39, 0.29) is 0 Å². The molecular weight excluding hydrogens is 210 g/mol. The summed E-state index contributed by atoms with van der Waals surface area (Å²) in [5.41, 5.74) is 1.06. The van der Waals surface area contributed by atoms with Gasteiger partial charge in [-0.05, 0) is 38.7 Å². The van der Waals surface area contributed by atoms with Crippen LogP contribution in [0.15, 0.2) is 36.6 Å². The van der Waals surface area contributed by atoms with E-state index in [4.69, 9.17) is 5.26 Å². The van der Waals surface area contributed by atoms with E-state index in [9.17, 15) is 0 Å². The van der Waals surface area contributed by atoms with E-state index in [1.54, 1.807) is 6.08 Å². The molecule has 0 rings (SSSR count). The predicted octanol–water partition coefficient (Wildman–Crippen LogP) is 2.41. The minimum atomic E-state index is 0.940. The minimum absolute atomic E-state index is 0.940. The lowest BCUT2D eigenvalue weighted by Gasteiger charge is -2.26. The summed E-state index contributed by atoms with van der Waals surface area (Å²) in [7, 11) is 2.11. The Labute approximate surface area is 105 Å². The summed E-state index contributed by atoms with van der Waals surface area (Å²) in [4.78, 5) is 4.52. The monoisotopic (exact) mass is 233 g/mol.